The largest absolute Gasteiger partial charge is 0.247 e. The van der Waals surface area contributed by atoms with Crippen LogP contribution in [0, 0.1) is 23.1 Å². The number of nitrogens with zero attached hydrogens (tertiary/aromatic N) is 1. The van der Waals surface area contributed by atoms with E-state index in [9.17, 15) is 8.78 Å². The maximum absolute atomic E-state index is 15.0. The van der Waals surface area contributed by atoms with E-state index in [1.54, 1.807) is 6.07 Å². The van der Waals surface area contributed by atoms with E-state index in [1.807, 2.05) is 24.3 Å². The fourth-order valence-corrected chi connectivity index (χ4v) is 4.72. The van der Waals surface area contributed by atoms with Gasteiger partial charge in [-0.15, -0.1) is 0 Å². The van der Waals surface area contributed by atoms with Crippen LogP contribution in [0.2, 0.25) is 0 Å². The van der Waals surface area contributed by atoms with Crippen LogP contribution < -0.4 is 0 Å². The molecule has 0 amide bonds. The number of rotatable bonds is 6. The Morgan fingerprint density at radius 2 is 1.77 bits per heavy atom. The van der Waals surface area contributed by atoms with Crippen molar-refractivity contribution in [1.29, 1.82) is 5.26 Å². The molecule has 0 unspecified atom stereocenters. The lowest BCUT2D eigenvalue weighted by Crippen LogP contribution is -2.27. The third-order valence-electron chi connectivity index (χ3n) is 6.47. The van der Waals surface area contributed by atoms with E-state index in [-0.39, 0.29) is 11.5 Å². The van der Waals surface area contributed by atoms with Gasteiger partial charge in [-0.2, -0.15) is 5.26 Å². The van der Waals surface area contributed by atoms with Crippen molar-refractivity contribution in [3.8, 4) is 17.2 Å². The SMILES string of the molecule is CCCCCC[C@H]1Cc2ccc3cc(-c4ccc(C#N)c(F)c4)ccc3c2C[C@@H]1F. The molecule has 0 radical (unpaired) electrons. The highest BCUT2D eigenvalue weighted by atomic mass is 19.1. The van der Waals surface area contributed by atoms with Crippen LogP contribution in [-0.4, -0.2) is 6.17 Å². The molecule has 0 fully saturated rings. The molecule has 0 bridgehead atoms. The molecule has 154 valence electrons. The Hall–Kier alpha value is -2.73. The summed E-state index contributed by atoms with van der Waals surface area (Å²) >= 11 is 0. The Kier molecular flexibility index (Phi) is 6.13. The summed E-state index contributed by atoms with van der Waals surface area (Å²) < 4.78 is 29.0. The van der Waals surface area contributed by atoms with E-state index in [2.05, 4.69) is 19.1 Å². The molecule has 0 N–H and O–H groups in total. The summed E-state index contributed by atoms with van der Waals surface area (Å²) in [7, 11) is 0. The third-order valence-corrected chi connectivity index (χ3v) is 6.47. The zero-order valence-electron chi connectivity index (χ0n) is 17.4. The summed E-state index contributed by atoms with van der Waals surface area (Å²) in [5, 5.41) is 11.1. The highest BCUT2D eigenvalue weighted by Crippen LogP contribution is 2.36. The highest BCUT2D eigenvalue weighted by Gasteiger charge is 2.29. The molecule has 0 aromatic heterocycles. The average molecular weight is 404 g/mol. The van der Waals surface area contributed by atoms with Crippen molar-refractivity contribution in [3.63, 3.8) is 0 Å². The molecule has 30 heavy (non-hydrogen) atoms. The number of alkyl halides is 1. The van der Waals surface area contributed by atoms with Crippen LogP contribution in [0.3, 0.4) is 0 Å². The van der Waals surface area contributed by atoms with Crippen molar-refractivity contribution in [2.24, 2.45) is 5.92 Å². The molecule has 0 spiro atoms. The Labute approximate surface area is 177 Å². The van der Waals surface area contributed by atoms with Gasteiger partial charge in [-0.1, -0.05) is 62.9 Å². The van der Waals surface area contributed by atoms with Crippen molar-refractivity contribution in [3.05, 3.63) is 71.0 Å². The van der Waals surface area contributed by atoms with Crippen molar-refractivity contribution >= 4 is 10.8 Å². The van der Waals surface area contributed by atoms with Crippen molar-refractivity contribution in [1.82, 2.24) is 0 Å². The smallest absolute Gasteiger partial charge is 0.141 e. The molecule has 0 heterocycles. The van der Waals surface area contributed by atoms with E-state index < -0.39 is 12.0 Å². The molecule has 4 rings (SSSR count). The Morgan fingerprint density at radius 3 is 2.53 bits per heavy atom. The summed E-state index contributed by atoms with van der Waals surface area (Å²) in [5.74, 6) is -0.376. The lowest BCUT2D eigenvalue weighted by molar-refractivity contribution is 0.199. The summed E-state index contributed by atoms with van der Waals surface area (Å²) in [6.45, 7) is 2.20. The van der Waals surface area contributed by atoms with Crippen LogP contribution in [0.15, 0.2) is 48.5 Å². The first kappa shape index (κ1) is 20.5. The molecule has 0 saturated heterocycles. The lowest BCUT2D eigenvalue weighted by Gasteiger charge is -2.29. The molecule has 3 heteroatoms. The van der Waals surface area contributed by atoms with Crippen molar-refractivity contribution < 1.29 is 8.78 Å². The van der Waals surface area contributed by atoms with Crippen LogP contribution in [0.5, 0.6) is 0 Å². The maximum Gasteiger partial charge on any atom is 0.141 e. The molecule has 3 aromatic carbocycles. The molecular formula is C27H27F2N. The molecular weight excluding hydrogens is 376 g/mol. The normalized spacial score (nSPS) is 18.2. The summed E-state index contributed by atoms with van der Waals surface area (Å²) in [4.78, 5) is 0. The second-order valence-corrected chi connectivity index (χ2v) is 8.48. The van der Waals surface area contributed by atoms with Gasteiger partial charge in [0.05, 0.1) is 5.56 Å². The Balaban J connectivity index is 1.60. The van der Waals surface area contributed by atoms with E-state index >= 15 is 0 Å². The summed E-state index contributed by atoms with van der Waals surface area (Å²) in [6.07, 6.45) is 6.25. The van der Waals surface area contributed by atoms with Crippen LogP contribution in [0.1, 0.15) is 55.7 Å². The van der Waals surface area contributed by atoms with Gasteiger partial charge >= 0.3 is 0 Å². The zero-order chi connectivity index (χ0) is 21.1. The van der Waals surface area contributed by atoms with E-state index in [1.165, 1.54) is 37.0 Å². The van der Waals surface area contributed by atoms with Gasteiger partial charge in [0.2, 0.25) is 0 Å². The van der Waals surface area contributed by atoms with Crippen LogP contribution in [0.4, 0.5) is 8.78 Å². The number of hydrogen-bond acceptors (Lipinski definition) is 1. The van der Waals surface area contributed by atoms with Gasteiger partial charge in [0.1, 0.15) is 18.1 Å². The average Bonchev–Trinajstić information content (AvgIpc) is 2.76. The highest BCUT2D eigenvalue weighted by molar-refractivity contribution is 5.91. The second kappa shape index (κ2) is 8.96. The number of hydrogen-bond donors (Lipinski definition) is 0. The minimum Gasteiger partial charge on any atom is -0.247 e. The van der Waals surface area contributed by atoms with Gasteiger partial charge in [0.25, 0.3) is 0 Å². The van der Waals surface area contributed by atoms with Crippen molar-refractivity contribution in [2.45, 2.75) is 58.0 Å². The van der Waals surface area contributed by atoms with Gasteiger partial charge < -0.3 is 0 Å². The molecule has 1 aliphatic carbocycles. The maximum atomic E-state index is 15.0. The first-order valence-corrected chi connectivity index (χ1v) is 11.0. The molecule has 2 atom stereocenters. The molecule has 1 nitrogen and oxygen atoms in total. The number of nitriles is 1. The topological polar surface area (TPSA) is 23.8 Å². The number of halogens is 2. The lowest BCUT2D eigenvalue weighted by atomic mass is 9.78. The van der Waals surface area contributed by atoms with Crippen LogP contribution in [-0.2, 0) is 12.8 Å². The Morgan fingerprint density at radius 1 is 0.967 bits per heavy atom. The minimum absolute atomic E-state index is 0.0480. The van der Waals surface area contributed by atoms with Crippen molar-refractivity contribution in [2.75, 3.05) is 0 Å². The van der Waals surface area contributed by atoms with E-state index in [0.717, 1.165) is 46.7 Å². The molecule has 0 aliphatic heterocycles. The monoisotopic (exact) mass is 403 g/mol. The first-order valence-electron chi connectivity index (χ1n) is 11.0. The number of fused-ring (bicyclic) bond motifs is 3. The van der Waals surface area contributed by atoms with Gasteiger partial charge in [-0.25, -0.2) is 8.78 Å². The van der Waals surface area contributed by atoms with Crippen LogP contribution in [0.25, 0.3) is 21.9 Å². The molecule has 1 aliphatic rings. The predicted octanol–water partition coefficient (Wildman–Crippen LogP) is 7.54. The summed E-state index contributed by atoms with van der Waals surface area (Å²) in [5.41, 5.74) is 4.08. The minimum atomic E-state index is -0.781. The second-order valence-electron chi connectivity index (χ2n) is 8.48. The molecule has 3 aromatic rings. The number of benzene rings is 3. The summed E-state index contributed by atoms with van der Waals surface area (Å²) in [6, 6.07) is 16.8. The van der Waals surface area contributed by atoms with E-state index in [0.29, 0.717) is 6.42 Å². The van der Waals surface area contributed by atoms with Gasteiger partial charge in [0, 0.05) is 6.42 Å². The van der Waals surface area contributed by atoms with Crippen LogP contribution >= 0.6 is 0 Å². The fraction of sp³-hybridized carbons (Fsp3) is 0.370. The third kappa shape index (κ3) is 4.10. The molecule has 0 saturated carbocycles. The predicted molar refractivity (Wildman–Crippen MR) is 119 cm³/mol. The first-order chi connectivity index (χ1) is 14.6. The standard InChI is InChI=1S/C27H27F2N/c1-2-3-4-5-6-22-14-21-9-8-20-13-18(11-12-24(20)25(21)16-27(22)29)19-7-10-23(17-30)26(28)15-19/h7-13,15,22,27H,2-6,14,16H2,1H3/t22-,27-/m0/s1. The van der Waals surface area contributed by atoms with Gasteiger partial charge in [-0.05, 0) is 70.0 Å². The Bertz CT molecular complexity index is 1100. The zero-order valence-corrected chi connectivity index (χ0v) is 17.4. The van der Waals surface area contributed by atoms with E-state index in [4.69, 9.17) is 5.26 Å². The quantitative estimate of drug-likeness (QED) is 0.390. The van der Waals surface area contributed by atoms with Gasteiger partial charge in [-0.3, -0.25) is 0 Å². The number of unbranched alkanes of at least 4 members (excludes halogenated alkanes) is 3. The van der Waals surface area contributed by atoms with Gasteiger partial charge in [0.15, 0.2) is 0 Å². The fourth-order valence-electron chi connectivity index (χ4n) is 4.72.